The molecule has 0 aliphatic carbocycles. The van der Waals surface area contributed by atoms with Gasteiger partial charge in [0.2, 0.25) is 5.91 Å². The number of nitrogens with zero attached hydrogens (tertiary/aromatic N) is 1. The Balaban J connectivity index is 1.73. The topological polar surface area (TPSA) is 57.8 Å². The minimum Gasteiger partial charge on any atom is -0.351 e. The minimum absolute atomic E-state index is 0.0643. The molecule has 1 aromatic heterocycles. The number of aromatic nitrogens is 2. The van der Waals surface area contributed by atoms with Crippen LogP contribution in [-0.4, -0.2) is 21.9 Å². The van der Waals surface area contributed by atoms with Gasteiger partial charge < -0.3 is 5.32 Å². The lowest BCUT2D eigenvalue weighted by atomic mass is 10.3. The van der Waals surface area contributed by atoms with Crippen molar-refractivity contribution in [2.24, 2.45) is 0 Å². The SMILES string of the molecule is O=C(CSc1ccc(F)cc1)NCc1cn[nH]c1. The monoisotopic (exact) mass is 265 g/mol. The van der Waals surface area contributed by atoms with Crippen LogP contribution in [0.2, 0.25) is 0 Å². The summed E-state index contributed by atoms with van der Waals surface area (Å²) < 4.78 is 12.7. The van der Waals surface area contributed by atoms with Gasteiger partial charge in [-0.05, 0) is 24.3 Å². The number of benzene rings is 1. The number of hydrogen-bond acceptors (Lipinski definition) is 3. The van der Waals surface area contributed by atoms with Crippen LogP contribution >= 0.6 is 11.8 Å². The first kappa shape index (κ1) is 12.6. The van der Waals surface area contributed by atoms with Crippen molar-refractivity contribution in [2.75, 3.05) is 5.75 Å². The molecule has 6 heteroatoms. The van der Waals surface area contributed by atoms with Crippen LogP contribution in [0.3, 0.4) is 0 Å². The Morgan fingerprint density at radius 3 is 2.83 bits per heavy atom. The van der Waals surface area contributed by atoms with Crippen molar-refractivity contribution in [1.82, 2.24) is 15.5 Å². The van der Waals surface area contributed by atoms with Gasteiger partial charge in [0.25, 0.3) is 0 Å². The number of amides is 1. The molecule has 0 bridgehead atoms. The number of halogens is 1. The number of hydrogen-bond donors (Lipinski definition) is 2. The van der Waals surface area contributed by atoms with Crippen LogP contribution in [0.1, 0.15) is 5.56 Å². The van der Waals surface area contributed by atoms with Crippen LogP contribution in [0.25, 0.3) is 0 Å². The van der Waals surface area contributed by atoms with Gasteiger partial charge in [-0.3, -0.25) is 9.89 Å². The summed E-state index contributed by atoms with van der Waals surface area (Å²) in [5.41, 5.74) is 0.926. The summed E-state index contributed by atoms with van der Waals surface area (Å²) in [5.74, 6) is -0.0296. The molecule has 4 nitrogen and oxygen atoms in total. The van der Waals surface area contributed by atoms with Gasteiger partial charge in [0.15, 0.2) is 0 Å². The van der Waals surface area contributed by atoms with Crippen molar-refractivity contribution < 1.29 is 9.18 Å². The lowest BCUT2D eigenvalue weighted by Crippen LogP contribution is -2.24. The molecule has 0 unspecified atom stereocenters. The van der Waals surface area contributed by atoms with Crippen molar-refractivity contribution >= 4 is 17.7 Å². The molecule has 2 aromatic rings. The van der Waals surface area contributed by atoms with Gasteiger partial charge in [0.05, 0.1) is 11.9 Å². The first-order valence-electron chi connectivity index (χ1n) is 5.37. The highest BCUT2D eigenvalue weighted by molar-refractivity contribution is 8.00. The third-order valence-electron chi connectivity index (χ3n) is 2.23. The maximum absolute atomic E-state index is 12.7. The zero-order valence-electron chi connectivity index (χ0n) is 9.52. The van der Waals surface area contributed by atoms with E-state index in [-0.39, 0.29) is 11.7 Å². The van der Waals surface area contributed by atoms with Crippen LogP contribution < -0.4 is 5.32 Å². The molecule has 1 amide bonds. The summed E-state index contributed by atoms with van der Waals surface area (Å²) in [5, 5.41) is 9.23. The van der Waals surface area contributed by atoms with Crippen LogP contribution in [0.5, 0.6) is 0 Å². The number of aromatic amines is 1. The van der Waals surface area contributed by atoms with Gasteiger partial charge in [0, 0.05) is 23.2 Å². The number of rotatable bonds is 5. The van der Waals surface area contributed by atoms with Gasteiger partial charge in [-0.15, -0.1) is 11.8 Å². The van der Waals surface area contributed by atoms with E-state index in [2.05, 4.69) is 15.5 Å². The van der Waals surface area contributed by atoms with Gasteiger partial charge in [-0.25, -0.2) is 4.39 Å². The Kier molecular flexibility index (Phi) is 4.35. The summed E-state index contributed by atoms with van der Waals surface area (Å²) >= 11 is 1.37. The fraction of sp³-hybridized carbons (Fsp3) is 0.167. The van der Waals surface area contributed by atoms with Crippen molar-refractivity contribution in [1.29, 1.82) is 0 Å². The summed E-state index contributed by atoms with van der Waals surface area (Å²) in [6.45, 7) is 0.458. The minimum atomic E-state index is -0.274. The molecule has 0 saturated carbocycles. The zero-order chi connectivity index (χ0) is 12.8. The van der Waals surface area contributed by atoms with Crippen LogP contribution in [0, 0.1) is 5.82 Å². The molecular weight excluding hydrogens is 253 g/mol. The van der Waals surface area contributed by atoms with Gasteiger partial charge in [-0.1, -0.05) is 0 Å². The molecule has 1 heterocycles. The third-order valence-corrected chi connectivity index (χ3v) is 3.24. The Hall–Kier alpha value is -1.82. The average molecular weight is 265 g/mol. The van der Waals surface area contributed by atoms with Crippen molar-refractivity contribution in [3.63, 3.8) is 0 Å². The Labute approximate surface area is 108 Å². The smallest absolute Gasteiger partial charge is 0.230 e. The van der Waals surface area contributed by atoms with E-state index >= 15 is 0 Å². The second-order valence-corrected chi connectivity index (χ2v) is 4.67. The summed E-state index contributed by atoms with van der Waals surface area (Å²) in [6.07, 6.45) is 3.39. The number of carbonyl (C=O) groups excluding carboxylic acids is 1. The first-order valence-corrected chi connectivity index (χ1v) is 6.35. The lowest BCUT2D eigenvalue weighted by Gasteiger charge is -2.03. The van der Waals surface area contributed by atoms with E-state index in [4.69, 9.17) is 0 Å². The zero-order valence-corrected chi connectivity index (χ0v) is 10.3. The summed E-state index contributed by atoms with van der Waals surface area (Å²) in [6, 6.07) is 6.07. The highest BCUT2D eigenvalue weighted by Gasteiger charge is 2.03. The summed E-state index contributed by atoms with van der Waals surface area (Å²) in [7, 11) is 0. The van der Waals surface area contributed by atoms with Crippen LogP contribution in [0.4, 0.5) is 4.39 Å². The van der Waals surface area contributed by atoms with E-state index in [1.54, 1.807) is 24.5 Å². The van der Waals surface area contributed by atoms with E-state index in [1.165, 1.54) is 23.9 Å². The second-order valence-electron chi connectivity index (χ2n) is 3.63. The molecule has 0 aliphatic heterocycles. The molecule has 0 saturated heterocycles. The van der Waals surface area contributed by atoms with Gasteiger partial charge >= 0.3 is 0 Å². The van der Waals surface area contributed by atoms with Crippen LogP contribution in [0.15, 0.2) is 41.6 Å². The Morgan fingerprint density at radius 2 is 2.17 bits per heavy atom. The predicted molar refractivity (Wildman–Crippen MR) is 67.6 cm³/mol. The molecule has 0 spiro atoms. The molecule has 0 atom stereocenters. The maximum atomic E-state index is 12.7. The first-order chi connectivity index (χ1) is 8.74. The normalized spacial score (nSPS) is 10.3. The van der Waals surface area contributed by atoms with E-state index in [1.807, 2.05) is 0 Å². The van der Waals surface area contributed by atoms with E-state index in [9.17, 15) is 9.18 Å². The van der Waals surface area contributed by atoms with E-state index < -0.39 is 0 Å². The fourth-order valence-corrected chi connectivity index (χ4v) is 2.03. The molecule has 0 radical (unpaired) electrons. The molecule has 1 aromatic carbocycles. The van der Waals surface area contributed by atoms with Gasteiger partial charge in [0.1, 0.15) is 5.82 Å². The molecule has 0 aliphatic rings. The van der Waals surface area contributed by atoms with E-state index in [0.717, 1.165) is 10.5 Å². The molecule has 2 N–H and O–H groups in total. The molecule has 2 rings (SSSR count). The van der Waals surface area contributed by atoms with E-state index in [0.29, 0.717) is 12.3 Å². The quantitative estimate of drug-likeness (QED) is 0.812. The van der Waals surface area contributed by atoms with Crippen molar-refractivity contribution in [2.45, 2.75) is 11.4 Å². The molecular formula is C12H12FN3OS. The highest BCUT2D eigenvalue weighted by atomic mass is 32.2. The number of carbonyl (C=O) groups is 1. The van der Waals surface area contributed by atoms with Gasteiger partial charge in [-0.2, -0.15) is 5.10 Å². The standard InChI is InChI=1S/C12H12FN3OS/c13-10-1-3-11(4-2-10)18-8-12(17)14-5-9-6-15-16-7-9/h1-4,6-7H,5,8H2,(H,14,17)(H,15,16). The maximum Gasteiger partial charge on any atom is 0.230 e. The fourth-order valence-electron chi connectivity index (χ4n) is 1.31. The van der Waals surface area contributed by atoms with Crippen LogP contribution in [-0.2, 0) is 11.3 Å². The predicted octanol–water partition coefficient (Wildman–Crippen LogP) is 1.96. The lowest BCUT2D eigenvalue weighted by molar-refractivity contribution is -0.118. The largest absolute Gasteiger partial charge is 0.351 e. The third kappa shape index (κ3) is 3.89. The average Bonchev–Trinajstić information content (AvgIpc) is 2.89. The Morgan fingerprint density at radius 1 is 1.39 bits per heavy atom. The molecule has 0 fully saturated rings. The number of nitrogens with one attached hydrogen (secondary N) is 2. The summed E-state index contributed by atoms with van der Waals surface area (Å²) in [4.78, 5) is 12.4. The van der Waals surface area contributed by atoms with Crippen molar-refractivity contribution in [3.8, 4) is 0 Å². The molecule has 94 valence electrons. The molecule has 18 heavy (non-hydrogen) atoms. The number of thioether (sulfide) groups is 1. The second kappa shape index (κ2) is 6.20. The van der Waals surface area contributed by atoms with Crippen molar-refractivity contribution in [3.05, 3.63) is 48.0 Å². The highest BCUT2D eigenvalue weighted by Crippen LogP contribution is 2.17. The number of H-pyrrole nitrogens is 1. The Bertz CT molecular complexity index is 499.